The van der Waals surface area contributed by atoms with Crippen LogP contribution in [0.4, 0.5) is 4.39 Å². The van der Waals surface area contributed by atoms with Crippen molar-refractivity contribution in [3.05, 3.63) is 96.3 Å². The molecule has 0 aliphatic rings. The van der Waals surface area contributed by atoms with E-state index in [-0.39, 0.29) is 5.82 Å². The summed E-state index contributed by atoms with van der Waals surface area (Å²) in [5.41, 5.74) is 4.57. The van der Waals surface area contributed by atoms with Crippen molar-refractivity contribution in [2.24, 2.45) is 0 Å². The van der Waals surface area contributed by atoms with Gasteiger partial charge in [-0.2, -0.15) is 0 Å². The van der Waals surface area contributed by atoms with Gasteiger partial charge >= 0.3 is 0 Å². The van der Waals surface area contributed by atoms with E-state index in [9.17, 15) is 4.39 Å². The molecule has 0 saturated carbocycles. The van der Waals surface area contributed by atoms with Crippen LogP contribution in [0.2, 0.25) is 0 Å². The van der Waals surface area contributed by atoms with Crippen LogP contribution in [0.25, 0.3) is 22.2 Å². The van der Waals surface area contributed by atoms with Crippen molar-refractivity contribution in [3.8, 4) is 11.3 Å². The first-order valence-electron chi connectivity index (χ1n) is 7.69. The van der Waals surface area contributed by atoms with Crippen molar-refractivity contribution in [1.82, 2.24) is 4.57 Å². The van der Waals surface area contributed by atoms with E-state index in [0.29, 0.717) is 0 Å². The first-order valence-corrected chi connectivity index (χ1v) is 7.69. The minimum atomic E-state index is -0.209. The number of fused-ring (bicyclic) bond motifs is 1. The SMILES string of the molecule is Fc1ccc(-c2cc3ccccc3n2Cc2ccccc2)cc1. The molecule has 0 aliphatic carbocycles. The lowest BCUT2D eigenvalue weighted by atomic mass is 10.1. The third-order valence-corrected chi connectivity index (χ3v) is 4.13. The molecule has 0 atom stereocenters. The van der Waals surface area contributed by atoms with Gasteiger partial charge < -0.3 is 4.57 Å². The van der Waals surface area contributed by atoms with Gasteiger partial charge in [0.25, 0.3) is 0 Å². The summed E-state index contributed by atoms with van der Waals surface area (Å²) in [4.78, 5) is 0. The molecule has 112 valence electrons. The molecule has 1 heterocycles. The van der Waals surface area contributed by atoms with Crippen molar-refractivity contribution in [3.63, 3.8) is 0 Å². The van der Waals surface area contributed by atoms with Crippen molar-refractivity contribution in [2.75, 3.05) is 0 Å². The van der Waals surface area contributed by atoms with Gasteiger partial charge in [0.2, 0.25) is 0 Å². The Bertz CT molecular complexity index is 937. The molecule has 1 nitrogen and oxygen atoms in total. The van der Waals surface area contributed by atoms with Crippen LogP contribution < -0.4 is 0 Å². The quantitative estimate of drug-likeness (QED) is 0.471. The Labute approximate surface area is 134 Å². The highest BCUT2D eigenvalue weighted by Crippen LogP contribution is 2.29. The highest BCUT2D eigenvalue weighted by atomic mass is 19.1. The molecule has 1 aromatic heterocycles. The average molecular weight is 301 g/mol. The van der Waals surface area contributed by atoms with E-state index in [0.717, 1.165) is 17.8 Å². The van der Waals surface area contributed by atoms with E-state index in [1.165, 1.54) is 28.6 Å². The van der Waals surface area contributed by atoms with Crippen LogP contribution in [0, 0.1) is 5.82 Å². The van der Waals surface area contributed by atoms with E-state index in [2.05, 4.69) is 53.1 Å². The Morgan fingerprint density at radius 1 is 0.739 bits per heavy atom. The predicted octanol–water partition coefficient (Wildman–Crippen LogP) is 5.50. The summed E-state index contributed by atoms with van der Waals surface area (Å²) < 4.78 is 15.5. The van der Waals surface area contributed by atoms with E-state index in [4.69, 9.17) is 0 Å². The Morgan fingerprint density at radius 3 is 2.22 bits per heavy atom. The molecule has 0 aliphatic heterocycles. The van der Waals surface area contributed by atoms with Crippen LogP contribution in [0.5, 0.6) is 0 Å². The second-order valence-corrected chi connectivity index (χ2v) is 5.67. The second kappa shape index (κ2) is 5.73. The smallest absolute Gasteiger partial charge is 0.123 e. The summed E-state index contributed by atoms with van der Waals surface area (Å²) >= 11 is 0. The third kappa shape index (κ3) is 2.64. The normalized spacial score (nSPS) is 11.0. The molecule has 0 radical (unpaired) electrons. The number of benzene rings is 3. The summed E-state index contributed by atoms with van der Waals surface area (Å²) in [7, 11) is 0. The van der Waals surface area contributed by atoms with Gasteiger partial charge in [-0.25, -0.2) is 4.39 Å². The fraction of sp³-hybridized carbons (Fsp3) is 0.0476. The van der Waals surface area contributed by atoms with Crippen LogP contribution in [-0.4, -0.2) is 4.57 Å². The highest BCUT2D eigenvalue weighted by molar-refractivity contribution is 5.87. The van der Waals surface area contributed by atoms with E-state index in [1.54, 1.807) is 0 Å². The molecule has 23 heavy (non-hydrogen) atoms. The number of hydrogen-bond acceptors (Lipinski definition) is 0. The molecule has 0 saturated heterocycles. The maximum atomic E-state index is 13.2. The fourth-order valence-corrected chi connectivity index (χ4v) is 3.01. The molecule has 4 aromatic rings. The van der Waals surface area contributed by atoms with Crippen LogP contribution in [0.15, 0.2) is 84.9 Å². The molecule has 4 rings (SSSR count). The Kier molecular flexibility index (Phi) is 3.43. The molecular weight excluding hydrogens is 285 g/mol. The number of rotatable bonds is 3. The lowest BCUT2D eigenvalue weighted by Crippen LogP contribution is -2.01. The Hall–Kier alpha value is -2.87. The highest BCUT2D eigenvalue weighted by Gasteiger charge is 2.11. The van der Waals surface area contributed by atoms with Gasteiger partial charge in [-0.15, -0.1) is 0 Å². The molecule has 0 N–H and O–H groups in total. The van der Waals surface area contributed by atoms with Crippen molar-refractivity contribution < 1.29 is 4.39 Å². The maximum Gasteiger partial charge on any atom is 0.123 e. The predicted molar refractivity (Wildman–Crippen MR) is 92.9 cm³/mol. The minimum absolute atomic E-state index is 0.209. The molecule has 0 spiro atoms. The van der Waals surface area contributed by atoms with Gasteiger partial charge in [-0.05, 0) is 47.5 Å². The summed E-state index contributed by atoms with van der Waals surface area (Å²) in [6, 6.07) is 27.6. The van der Waals surface area contributed by atoms with Crippen molar-refractivity contribution in [1.29, 1.82) is 0 Å². The first kappa shape index (κ1) is 13.8. The Morgan fingerprint density at radius 2 is 1.43 bits per heavy atom. The number of para-hydroxylation sites is 1. The van der Waals surface area contributed by atoms with Gasteiger partial charge in [-0.1, -0.05) is 48.5 Å². The zero-order valence-electron chi connectivity index (χ0n) is 12.6. The number of halogens is 1. The largest absolute Gasteiger partial charge is 0.336 e. The van der Waals surface area contributed by atoms with E-state index in [1.807, 2.05) is 24.3 Å². The fourth-order valence-electron chi connectivity index (χ4n) is 3.01. The molecule has 0 amide bonds. The standard InChI is InChI=1S/C21H16FN/c22-19-12-10-17(11-13-19)21-14-18-8-4-5-9-20(18)23(21)15-16-6-2-1-3-7-16/h1-14H,15H2. The molecule has 0 bridgehead atoms. The van der Waals surface area contributed by atoms with Crippen LogP contribution in [0.1, 0.15) is 5.56 Å². The lowest BCUT2D eigenvalue weighted by molar-refractivity contribution is 0.628. The molecule has 2 heteroatoms. The van der Waals surface area contributed by atoms with Crippen LogP contribution in [-0.2, 0) is 6.54 Å². The van der Waals surface area contributed by atoms with Gasteiger partial charge in [-0.3, -0.25) is 0 Å². The van der Waals surface area contributed by atoms with Crippen molar-refractivity contribution in [2.45, 2.75) is 6.54 Å². The Balaban J connectivity index is 1.89. The summed E-state index contributed by atoms with van der Waals surface area (Å²) in [5.74, 6) is -0.209. The molecule has 0 fully saturated rings. The average Bonchev–Trinajstić information content (AvgIpc) is 2.95. The third-order valence-electron chi connectivity index (χ3n) is 4.13. The van der Waals surface area contributed by atoms with Crippen LogP contribution in [0.3, 0.4) is 0 Å². The first-order chi connectivity index (χ1) is 11.3. The van der Waals surface area contributed by atoms with Gasteiger partial charge in [0.15, 0.2) is 0 Å². The molecule has 0 unspecified atom stereocenters. The van der Waals surface area contributed by atoms with Gasteiger partial charge in [0.1, 0.15) is 5.82 Å². The summed E-state index contributed by atoms with van der Waals surface area (Å²) in [6.07, 6.45) is 0. The number of nitrogens with zero attached hydrogens (tertiary/aromatic N) is 1. The van der Waals surface area contributed by atoms with Crippen LogP contribution >= 0.6 is 0 Å². The monoisotopic (exact) mass is 301 g/mol. The zero-order chi connectivity index (χ0) is 15.6. The topological polar surface area (TPSA) is 4.93 Å². The summed E-state index contributed by atoms with van der Waals surface area (Å²) in [6.45, 7) is 0.793. The zero-order valence-corrected chi connectivity index (χ0v) is 12.6. The minimum Gasteiger partial charge on any atom is -0.336 e. The lowest BCUT2D eigenvalue weighted by Gasteiger charge is -2.11. The van der Waals surface area contributed by atoms with Crippen molar-refractivity contribution >= 4 is 10.9 Å². The second-order valence-electron chi connectivity index (χ2n) is 5.67. The van der Waals surface area contributed by atoms with E-state index >= 15 is 0 Å². The van der Waals surface area contributed by atoms with E-state index < -0.39 is 0 Å². The summed E-state index contributed by atoms with van der Waals surface area (Å²) in [5, 5.41) is 1.20. The molecule has 3 aromatic carbocycles. The molecular formula is C21H16FN. The number of hydrogen-bond donors (Lipinski definition) is 0. The van der Waals surface area contributed by atoms with Gasteiger partial charge in [0.05, 0.1) is 0 Å². The van der Waals surface area contributed by atoms with Gasteiger partial charge in [0, 0.05) is 23.1 Å². The number of aromatic nitrogens is 1. The maximum absolute atomic E-state index is 13.2.